The molecule has 0 aromatic heterocycles. The Hall–Kier alpha value is -1.93. The van der Waals surface area contributed by atoms with Crippen LogP contribution in [0.25, 0.3) is 0 Å². The molecule has 3 heterocycles. The van der Waals surface area contributed by atoms with Crippen LogP contribution in [-0.4, -0.2) is 66.7 Å². The number of urea groups is 1. The lowest BCUT2D eigenvalue weighted by Gasteiger charge is -2.44. The van der Waals surface area contributed by atoms with Gasteiger partial charge >= 0.3 is 6.03 Å². The smallest absolute Gasteiger partial charge is 0.320 e. The number of ether oxygens (including phenoxy) is 1. The number of carbonyl (C=O) groups excluding carboxylic acids is 2. The lowest BCUT2D eigenvalue weighted by molar-refractivity contribution is -0.139. The molecule has 9 heteroatoms. The highest BCUT2D eigenvalue weighted by Gasteiger charge is 2.44. The summed E-state index contributed by atoms with van der Waals surface area (Å²) in [5, 5.41) is 3.29. The van der Waals surface area contributed by atoms with Crippen LogP contribution in [0.2, 0.25) is 5.02 Å². The van der Waals surface area contributed by atoms with E-state index in [-0.39, 0.29) is 49.1 Å². The van der Waals surface area contributed by atoms with Gasteiger partial charge in [0.25, 0.3) is 5.92 Å². The fraction of sp³-hybridized carbons (Fsp3) is 0.600. The highest BCUT2D eigenvalue weighted by atomic mass is 35.5. The molecular weight excluding hydrogens is 404 g/mol. The molecule has 29 heavy (non-hydrogen) atoms. The third-order valence-electron chi connectivity index (χ3n) is 6.10. The van der Waals surface area contributed by atoms with E-state index in [2.05, 4.69) is 5.32 Å². The van der Waals surface area contributed by atoms with Crippen molar-refractivity contribution >= 4 is 23.5 Å². The number of piperidine rings is 2. The van der Waals surface area contributed by atoms with Crippen LogP contribution in [0.4, 0.5) is 13.6 Å². The molecule has 0 aliphatic carbocycles. The second kappa shape index (κ2) is 8.07. The van der Waals surface area contributed by atoms with Gasteiger partial charge in [0.15, 0.2) is 0 Å². The summed E-state index contributed by atoms with van der Waals surface area (Å²) in [6, 6.07) is 5.31. The largest absolute Gasteiger partial charge is 0.366 e. The first-order chi connectivity index (χ1) is 13.8. The molecule has 3 fully saturated rings. The number of nitrogens with one attached hydrogen (secondary N) is 1. The molecule has 6 nitrogen and oxygen atoms in total. The van der Waals surface area contributed by atoms with Gasteiger partial charge in [-0.3, -0.25) is 4.79 Å². The summed E-state index contributed by atoms with van der Waals surface area (Å²) in [6.07, 6.45) is 1.06. The second-order valence-electron chi connectivity index (χ2n) is 7.93. The molecule has 3 amide bonds. The summed E-state index contributed by atoms with van der Waals surface area (Å²) in [5.74, 6) is -3.95. The van der Waals surface area contributed by atoms with Crippen molar-refractivity contribution in [2.45, 2.75) is 37.3 Å². The number of carbonyl (C=O) groups is 2. The lowest BCUT2D eigenvalue weighted by Crippen LogP contribution is -2.62. The highest BCUT2D eigenvalue weighted by molar-refractivity contribution is 6.30. The van der Waals surface area contributed by atoms with Crippen molar-refractivity contribution in [1.82, 2.24) is 15.1 Å². The summed E-state index contributed by atoms with van der Waals surface area (Å²) >= 11 is 5.80. The van der Waals surface area contributed by atoms with Gasteiger partial charge in [0, 0.05) is 42.7 Å². The molecule has 3 aliphatic heterocycles. The summed E-state index contributed by atoms with van der Waals surface area (Å²) in [7, 11) is 0. The third kappa shape index (κ3) is 4.19. The molecule has 3 aliphatic rings. The standard InChI is InChI=1S/C20H24ClF2N3O3/c21-15-3-1-13(2-4-15)20(22,23)14-5-8-25(9-6-14)19(28)26-10-7-17-16(11-26)24-18(27)12-29-17/h1-4,14,16-17H,5-12H2,(H,24,27)/t16-,17+/m1/s1. The van der Waals surface area contributed by atoms with Gasteiger partial charge in [-0.2, -0.15) is 0 Å². The first kappa shape index (κ1) is 20.3. The Morgan fingerprint density at radius 2 is 1.76 bits per heavy atom. The molecule has 4 rings (SSSR count). The maximum atomic E-state index is 14.9. The van der Waals surface area contributed by atoms with Crippen molar-refractivity contribution in [2.75, 3.05) is 32.8 Å². The number of benzene rings is 1. The molecule has 3 saturated heterocycles. The number of morpholine rings is 1. The Balaban J connectivity index is 1.34. The summed E-state index contributed by atoms with van der Waals surface area (Å²) in [6.45, 7) is 1.57. The monoisotopic (exact) mass is 427 g/mol. The minimum absolute atomic E-state index is 0.0400. The quantitative estimate of drug-likeness (QED) is 0.789. The SMILES string of the molecule is O=C1CO[C@H]2CCN(C(=O)N3CCC(C(F)(F)c4ccc(Cl)cc4)CC3)C[C@H]2N1. The topological polar surface area (TPSA) is 61.9 Å². The first-order valence-corrected chi connectivity index (χ1v) is 10.3. The van der Waals surface area contributed by atoms with Gasteiger partial charge in [-0.1, -0.05) is 23.7 Å². The number of amides is 3. The average Bonchev–Trinajstić information content (AvgIpc) is 2.73. The number of halogens is 3. The third-order valence-corrected chi connectivity index (χ3v) is 6.35. The van der Waals surface area contributed by atoms with Gasteiger partial charge in [0.1, 0.15) is 6.61 Å². The van der Waals surface area contributed by atoms with Crippen molar-refractivity contribution < 1.29 is 23.1 Å². The van der Waals surface area contributed by atoms with E-state index in [1.807, 2.05) is 0 Å². The first-order valence-electron chi connectivity index (χ1n) is 9.93. The van der Waals surface area contributed by atoms with Gasteiger partial charge < -0.3 is 19.9 Å². The van der Waals surface area contributed by atoms with Crippen molar-refractivity contribution in [2.24, 2.45) is 5.92 Å². The van der Waals surface area contributed by atoms with Crippen LogP contribution in [0.15, 0.2) is 24.3 Å². The molecule has 0 spiro atoms. The Morgan fingerprint density at radius 3 is 2.45 bits per heavy atom. The van der Waals surface area contributed by atoms with E-state index in [1.165, 1.54) is 24.3 Å². The summed E-state index contributed by atoms with van der Waals surface area (Å²) < 4.78 is 35.2. The fourth-order valence-electron chi connectivity index (χ4n) is 4.41. The summed E-state index contributed by atoms with van der Waals surface area (Å²) in [5.41, 5.74) is -0.0400. The van der Waals surface area contributed by atoms with E-state index in [4.69, 9.17) is 16.3 Å². The van der Waals surface area contributed by atoms with E-state index in [1.54, 1.807) is 9.80 Å². The average molecular weight is 428 g/mol. The van der Waals surface area contributed by atoms with E-state index < -0.39 is 11.8 Å². The molecule has 2 atom stereocenters. The zero-order valence-corrected chi connectivity index (χ0v) is 16.7. The molecule has 1 N–H and O–H groups in total. The van der Waals surface area contributed by atoms with Crippen LogP contribution in [-0.2, 0) is 15.5 Å². The van der Waals surface area contributed by atoms with Crippen LogP contribution in [0.3, 0.4) is 0 Å². The van der Waals surface area contributed by atoms with E-state index in [0.29, 0.717) is 37.6 Å². The number of nitrogens with zero attached hydrogens (tertiary/aromatic N) is 2. The van der Waals surface area contributed by atoms with Crippen molar-refractivity contribution in [3.05, 3.63) is 34.9 Å². The number of likely N-dealkylation sites (tertiary alicyclic amines) is 2. The van der Waals surface area contributed by atoms with E-state index in [0.717, 1.165) is 0 Å². The second-order valence-corrected chi connectivity index (χ2v) is 8.37. The molecule has 1 aromatic carbocycles. The van der Waals surface area contributed by atoms with Crippen molar-refractivity contribution in [1.29, 1.82) is 0 Å². The normalized spacial score (nSPS) is 26.1. The van der Waals surface area contributed by atoms with Gasteiger partial charge in [-0.25, -0.2) is 13.6 Å². The molecule has 0 bridgehead atoms. The van der Waals surface area contributed by atoms with Crippen LogP contribution in [0.5, 0.6) is 0 Å². The van der Waals surface area contributed by atoms with Gasteiger partial charge in [0.2, 0.25) is 5.91 Å². The maximum Gasteiger partial charge on any atom is 0.320 e. The van der Waals surface area contributed by atoms with E-state index in [9.17, 15) is 18.4 Å². The predicted molar refractivity (Wildman–Crippen MR) is 103 cm³/mol. The zero-order chi connectivity index (χ0) is 20.6. The predicted octanol–water partition coefficient (Wildman–Crippen LogP) is 2.85. The molecule has 0 radical (unpaired) electrons. The molecule has 1 aromatic rings. The van der Waals surface area contributed by atoms with Gasteiger partial charge in [-0.15, -0.1) is 0 Å². The Kier molecular flexibility index (Phi) is 5.66. The van der Waals surface area contributed by atoms with Crippen molar-refractivity contribution in [3.8, 4) is 0 Å². The number of hydrogen-bond acceptors (Lipinski definition) is 3. The Bertz CT molecular complexity index is 769. The minimum Gasteiger partial charge on any atom is -0.366 e. The molecular formula is C20H24ClF2N3O3. The number of alkyl halides is 2. The maximum absolute atomic E-state index is 14.9. The fourth-order valence-corrected chi connectivity index (χ4v) is 4.54. The highest BCUT2D eigenvalue weighted by Crippen LogP contribution is 2.41. The van der Waals surface area contributed by atoms with Gasteiger partial charge in [0.05, 0.1) is 12.1 Å². The van der Waals surface area contributed by atoms with E-state index >= 15 is 0 Å². The number of fused-ring (bicyclic) bond motifs is 1. The Labute approximate surface area is 173 Å². The molecule has 0 saturated carbocycles. The lowest BCUT2D eigenvalue weighted by atomic mass is 9.86. The Morgan fingerprint density at radius 1 is 1.10 bits per heavy atom. The van der Waals surface area contributed by atoms with Crippen LogP contribution in [0, 0.1) is 5.92 Å². The van der Waals surface area contributed by atoms with Gasteiger partial charge in [-0.05, 0) is 31.4 Å². The minimum atomic E-state index is -2.96. The van der Waals surface area contributed by atoms with Crippen LogP contribution < -0.4 is 5.32 Å². The molecule has 158 valence electrons. The van der Waals surface area contributed by atoms with Crippen LogP contribution >= 0.6 is 11.6 Å². The number of rotatable bonds is 2. The number of hydrogen-bond donors (Lipinski definition) is 1. The summed E-state index contributed by atoms with van der Waals surface area (Å²) in [4.78, 5) is 27.7. The van der Waals surface area contributed by atoms with Crippen molar-refractivity contribution in [3.63, 3.8) is 0 Å². The zero-order valence-electron chi connectivity index (χ0n) is 16.0. The molecule has 0 unspecified atom stereocenters. The van der Waals surface area contributed by atoms with Crippen LogP contribution in [0.1, 0.15) is 24.8 Å².